The summed E-state index contributed by atoms with van der Waals surface area (Å²) < 4.78 is 47.9. The van der Waals surface area contributed by atoms with E-state index in [-0.39, 0.29) is 24.5 Å². The molecule has 5 rings (SSSR count). The molecule has 3 aromatic rings. The SMILES string of the molecule is CC(C)S(=O)(=O)N1CCN(c2cnn(-c3cccc(F)c3)c(=O)c2OC2c3ccccc3C[C@H]2O)CC1. The Kier molecular flexibility index (Phi) is 6.78. The van der Waals surface area contributed by atoms with Crippen molar-refractivity contribution >= 4 is 15.7 Å². The molecule has 1 aliphatic carbocycles. The second-order valence-electron chi connectivity index (χ2n) is 9.54. The van der Waals surface area contributed by atoms with Gasteiger partial charge in [-0.05, 0) is 43.2 Å². The van der Waals surface area contributed by atoms with Crippen LogP contribution in [0.4, 0.5) is 10.1 Å². The molecule has 0 saturated carbocycles. The van der Waals surface area contributed by atoms with Gasteiger partial charge in [-0.2, -0.15) is 14.1 Å². The molecule has 1 N–H and O–H groups in total. The largest absolute Gasteiger partial charge is 0.475 e. The number of anilines is 1. The molecule has 0 radical (unpaired) electrons. The number of aliphatic hydroxyl groups is 1. The maximum absolute atomic E-state index is 13.9. The molecular weight excluding hydrogens is 499 g/mol. The van der Waals surface area contributed by atoms with Gasteiger partial charge in [0.05, 0.1) is 23.2 Å². The highest BCUT2D eigenvalue weighted by Crippen LogP contribution is 2.37. The van der Waals surface area contributed by atoms with Gasteiger partial charge in [0.2, 0.25) is 15.8 Å². The molecule has 2 aromatic carbocycles. The van der Waals surface area contributed by atoms with Gasteiger partial charge < -0.3 is 14.7 Å². The second kappa shape index (κ2) is 9.88. The predicted octanol–water partition coefficient (Wildman–Crippen LogP) is 2.27. The van der Waals surface area contributed by atoms with Gasteiger partial charge in [-0.25, -0.2) is 12.8 Å². The van der Waals surface area contributed by atoms with Gasteiger partial charge in [-0.1, -0.05) is 30.3 Å². The summed E-state index contributed by atoms with van der Waals surface area (Å²) in [5.74, 6) is -0.541. The lowest BCUT2D eigenvalue weighted by molar-refractivity contribution is 0.0485. The fourth-order valence-corrected chi connectivity index (χ4v) is 6.11. The van der Waals surface area contributed by atoms with E-state index >= 15 is 0 Å². The molecule has 37 heavy (non-hydrogen) atoms. The van der Waals surface area contributed by atoms with E-state index in [2.05, 4.69) is 5.10 Å². The fraction of sp³-hybridized carbons (Fsp3) is 0.385. The Morgan fingerprint density at radius 1 is 1.08 bits per heavy atom. The van der Waals surface area contributed by atoms with Crippen molar-refractivity contribution < 1.29 is 22.7 Å². The van der Waals surface area contributed by atoms with Crippen LogP contribution in [0.5, 0.6) is 5.75 Å². The van der Waals surface area contributed by atoms with Crippen LogP contribution in [0.2, 0.25) is 0 Å². The Morgan fingerprint density at radius 3 is 2.51 bits per heavy atom. The molecule has 0 bridgehead atoms. The van der Waals surface area contributed by atoms with Crippen molar-refractivity contribution in [2.75, 3.05) is 31.1 Å². The van der Waals surface area contributed by atoms with E-state index in [1.54, 1.807) is 19.9 Å². The molecule has 2 heterocycles. The Hall–Kier alpha value is -3.28. The van der Waals surface area contributed by atoms with Crippen molar-refractivity contribution in [3.63, 3.8) is 0 Å². The quantitative estimate of drug-likeness (QED) is 0.523. The third-order valence-electron chi connectivity index (χ3n) is 6.89. The molecule has 9 nitrogen and oxygen atoms in total. The minimum absolute atomic E-state index is 0.0276. The summed E-state index contributed by atoms with van der Waals surface area (Å²) in [7, 11) is -3.40. The number of halogens is 1. The highest BCUT2D eigenvalue weighted by atomic mass is 32.2. The normalized spacial score (nSPS) is 20.3. The number of rotatable bonds is 6. The molecule has 2 aliphatic rings. The van der Waals surface area contributed by atoms with E-state index in [1.165, 1.54) is 28.7 Å². The molecule has 1 aliphatic heterocycles. The maximum Gasteiger partial charge on any atom is 0.316 e. The molecule has 1 saturated heterocycles. The zero-order valence-corrected chi connectivity index (χ0v) is 21.4. The van der Waals surface area contributed by atoms with Crippen LogP contribution in [0.25, 0.3) is 5.69 Å². The molecule has 1 unspecified atom stereocenters. The summed E-state index contributed by atoms with van der Waals surface area (Å²) in [5.41, 5.74) is 1.77. The first-order valence-electron chi connectivity index (χ1n) is 12.2. The number of hydrogen-bond acceptors (Lipinski definition) is 7. The first-order valence-corrected chi connectivity index (χ1v) is 13.7. The number of benzene rings is 2. The first kappa shape index (κ1) is 25.4. The zero-order chi connectivity index (χ0) is 26.3. The van der Waals surface area contributed by atoms with Gasteiger partial charge in [-0.3, -0.25) is 4.79 Å². The Morgan fingerprint density at radius 2 is 1.81 bits per heavy atom. The lowest BCUT2D eigenvalue weighted by atomic mass is 10.1. The Bertz CT molecular complexity index is 1470. The molecule has 11 heteroatoms. The topological polar surface area (TPSA) is 105 Å². The second-order valence-corrected chi connectivity index (χ2v) is 12.0. The standard InChI is InChI=1S/C26H29FN4O5S/c1-17(2)37(34,35)30-12-10-29(11-13-30)22-16-28-31(20-8-5-7-19(27)15-20)26(33)25(22)36-24-21-9-4-3-6-18(21)14-23(24)32/h3-9,15-17,23-24,32H,10-14H2,1-2H3/t23-,24?/m1/s1. The smallest absolute Gasteiger partial charge is 0.316 e. The number of aliphatic hydroxyl groups excluding tert-OH is 1. The van der Waals surface area contributed by atoms with E-state index in [0.29, 0.717) is 25.2 Å². The first-order chi connectivity index (χ1) is 17.7. The molecule has 1 aromatic heterocycles. The van der Waals surface area contributed by atoms with Crippen molar-refractivity contribution in [1.82, 2.24) is 14.1 Å². The molecule has 1 fully saturated rings. The number of nitrogens with zero attached hydrogens (tertiary/aromatic N) is 4. The van der Waals surface area contributed by atoms with E-state index in [4.69, 9.17) is 4.74 Å². The van der Waals surface area contributed by atoms with Crippen molar-refractivity contribution in [2.45, 2.75) is 37.7 Å². The van der Waals surface area contributed by atoms with Gasteiger partial charge in [0, 0.05) is 32.6 Å². The molecular formula is C26H29FN4O5S. The van der Waals surface area contributed by atoms with E-state index in [1.807, 2.05) is 29.2 Å². The average molecular weight is 529 g/mol. The van der Waals surface area contributed by atoms with Crippen molar-refractivity contribution in [3.05, 3.63) is 82.0 Å². The maximum atomic E-state index is 13.9. The van der Waals surface area contributed by atoms with Crippen molar-refractivity contribution in [2.24, 2.45) is 0 Å². The number of fused-ring (bicyclic) bond motifs is 1. The lowest BCUT2D eigenvalue weighted by Gasteiger charge is -2.36. The molecule has 0 amide bonds. The van der Waals surface area contributed by atoms with Gasteiger partial charge in [-0.15, -0.1) is 0 Å². The van der Waals surface area contributed by atoms with Gasteiger partial charge in [0.15, 0.2) is 6.10 Å². The van der Waals surface area contributed by atoms with Crippen LogP contribution in [-0.4, -0.2) is 65.1 Å². The monoisotopic (exact) mass is 528 g/mol. The molecule has 196 valence electrons. The average Bonchev–Trinajstić information content (AvgIpc) is 3.20. The minimum atomic E-state index is -3.40. The van der Waals surface area contributed by atoms with Gasteiger partial charge in [0.1, 0.15) is 11.5 Å². The Balaban J connectivity index is 1.53. The number of hydrogen-bond donors (Lipinski definition) is 1. The van der Waals surface area contributed by atoms with Crippen LogP contribution in [0.3, 0.4) is 0 Å². The summed E-state index contributed by atoms with van der Waals surface area (Å²) in [6, 6.07) is 13.0. The third-order valence-corrected chi connectivity index (χ3v) is 9.16. The van der Waals surface area contributed by atoms with Gasteiger partial charge >= 0.3 is 5.56 Å². The third kappa shape index (κ3) is 4.74. The van der Waals surface area contributed by atoms with E-state index < -0.39 is 38.9 Å². The van der Waals surface area contributed by atoms with Crippen LogP contribution >= 0.6 is 0 Å². The number of piperazine rings is 1. The van der Waals surface area contributed by atoms with Crippen LogP contribution in [-0.2, 0) is 16.4 Å². The highest BCUT2D eigenvalue weighted by molar-refractivity contribution is 7.89. The summed E-state index contributed by atoms with van der Waals surface area (Å²) in [4.78, 5) is 15.6. The van der Waals surface area contributed by atoms with E-state index in [9.17, 15) is 22.7 Å². The van der Waals surface area contributed by atoms with Crippen molar-refractivity contribution in [3.8, 4) is 11.4 Å². The summed E-state index contributed by atoms with van der Waals surface area (Å²) in [6.45, 7) is 4.46. The minimum Gasteiger partial charge on any atom is -0.475 e. The summed E-state index contributed by atoms with van der Waals surface area (Å²) >= 11 is 0. The molecule has 2 atom stereocenters. The number of aromatic nitrogens is 2. The number of ether oxygens (including phenoxy) is 1. The predicted molar refractivity (Wildman–Crippen MR) is 137 cm³/mol. The van der Waals surface area contributed by atoms with Crippen molar-refractivity contribution in [1.29, 1.82) is 0 Å². The Labute approximate surface area is 214 Å². The number of sulfonamides is 1. The summed E-state index contributed by atoms with van der Waals surface area (Å²) in [6.07, 6.45) is 0.245. The summed E-state index contributed by atoms with van der Waals surface area (Å²) in [5, 5.41) is 14.5. The fourth-order valence-electron chi connectivity index (χ4n) is 4.84. The van der Waals surface area contributed by atoms with Crippen LogP contribution in [0.15, 0.2) is 59.5 Å². The lowest BCUT2D eigenvalue weighted by Crippen LogP contribution is -2.50. The highest BCUT2D eigenvalue weighted by Gasteiger charge is 2.36. The van der Waals surface area contributed by atoms with Crippen LogP contribution in [0, 0.1) is 5.82 Å². The molecule has 0 spiro atoms. The van der Waals surface area contributed by atoms with Crippen LogP contribution in [0.1, 0.15) is 31.1 Å². The van der Waals surface area contributed by atoms with Crippen LogP contribution < -0.4 is 15.2 Å². The zero-order valence-electron chi connectivity index (χ0n) is 20.6. The van der Waals surface area contributed by atoms with Gasteiger partial charge in [0.25, 0.3) is 0 Å². The van der Waals surface area contributed by atoms with E-state index in [0.717, 1.165) is 15.8 Å².